The number of rotatable bonds is 2. The van der Waals surface area contributed by atoms with Crippen LogP contribution in [0.25, 0.3) is 0 Å². The van der Waals surface area contributed by atoms with Crippen LogP contribution < -0.4 is 0 Å². The molecule has 0 heteroatoms. The van der Waals surface area contributed by atoms with Crippen LogP contribution in [0.4, 0.5) is 0 Å². The third-order valence-electron chi connectivity index (χ3n) is 0.631. The third-order valence-corrected chi connectivity index (χ3v) is 0.631. The minimum absolute atomic E-state index is 0.432. The van der Waals surface area contributed by atoms with E-state index < -0.39 is 0 Å². The van der Waals surface area contributed by atoms with Gasteiger partial charge in [-0.05, 0) is 26.2 Å². The molecule has 0 aromatic rings. The molecule has 0 aliphatic rings. The topological polar surface area (TPSA) is 0 Å². The molecule has 0 saturated heterocycles. The quantitative estimate of drug-likeness (QED) is 0.462. The van der Waals surface area contributed by atoms with Gasteiger partial charge in [-0.15, -0.1) is 0 Å². The number of allylic oxidation sites excluding steroid dienone is 2. The van der Waals surface area contributed by atoms with Crippen LogP contribution in [-0.4, -0.2) is 0 Å². The summed E-state index contributed by atoms with van der Waals surface area (Å²) in [7, 11) is 0. The number of hydrogen-bond acceptors (Lipinski definition) is 0. The van der Waals surface area contributed by atoms with Crippen molar-refractivity contribution in [2.24, 2.45) is 5.92 Å². The summed E-state index contributed by atoms with van der Waals surface area (Å²) in [6, 6.07) is 0. The van der Waals surface area contributed by atoms with Gasteiger partial charge in [0.25, 0.3) is 0 Å². The summed E-state index contributed by atoms with van der Waals surface area (Å²) in [6.45, 7) is 9.45. The molecule has 1 unspecified atom stereocenters. The molecule has 0 heterocycles. The minimum atomic E-state index is 0.432. The zero-order valence-electron chi connectivity index (χ0n) is 4.85. The highest BCUT2D eigenvalue weighted by Crippen LogP contribution is 1.92. The van der Waals surface area contributed by atoms with Gasteiger partial charge in [-0.2, -0.15) is 0 Å². The van der Waals surface area contributed by atoms with E-state index in [0.717, 1.165) is 6.42 Å². The molecule has 7 heavy (non-hydrogen) atoms. The fraction of sp³-hybridized carbons (Fsp3) is 0.429. The molecule has 0 aliphatic heterocycles. The predicted molar refractivity (Wildman–Crippen MR) is 33.6 cm³/mol. The molecule has 40 valence electrons. The normalized spacial score (nSPS) is 11.4. The molecule has 0 aromatic heterocycles. The maximum atomic E-state index is 3.76. The SMILES string of the molecule is [CH2]CC=CC([CH2])C. The molecule has 0 bridgehead atoms. The van der Waals surface area contributed by atoms with Gasteiger partial charge in [-0.3, -0.25) is 0 Å². The molecule has 0 amide bonds. The molecule has 2 radical (unpaired) electrons. The van der Waals surface area contributed by atoms with E-state index in [4.69, 9.17) is 0 Å². The van der Waals surface area contributed by atoms with E-state index in [9.17, 15) is 0 Å². The van der Waals surface area contributed by atoms with E-state index in [-0.39, 0.29) is 0 Å². The van der Waals surface area contributed by atoms with Crippen molar-refractivity contribution in [2.45, 2.75) is 13.3 Å². The highest BCUT2D eigenvalue weighted by atomic mass is 13.8. The second-order valence-corrected chi connectivity index (χ2v) is 1.69. The fourth-order valence-corrected chi connectivity index (χ4v) is 0.329. The predicted octanol–water partition coefficient (Wildman–Crippen LogP) is 2.24. The second kappa shape index (κ2) is 3.91. The van der Waals surface area contributed by atoms with Gasteiger partial charge in [0, 0.05) is 0 Å². The zero-order valence-corrected chi connectivity index (χ0v) is 4.85. The van der Waals surface area contributed by atoms with E-state index in [0.29, 0.717) is 5.92 Å². The lowest BCUT2D eigenvalue weighted by Crippen LogP contribution is -1.75. The van der Waals surface area contributed by atoms with Crippen molar-refractivity contribution in [1.82, 2.24) is 0 Å². The van der Waals surface area contributed by atoms with E-state index >= 15 is 0 Å². The molecule has 0 nitrogen and oxygen atoms in total. The van der Waals surface area contributed by atoms with Gasteiger partial charge in [-0.25, -0.2) is 0 Å². The van der Waals surface area contributed by atoms with Crippen molar-refractivity contribution >= 4 is 0 Å². The lowest BCUT2D eigenvalue weighted by molar-refractivity contribution is 0.930. The highest BCUT2D eigenvalue weighted by molar-refractivity contribution is 4.87. The Bertz CT molecular complexity index is 51.1. The lowest BCUT2D eigenvalue weighted by Gasteiger charge is -1.88. The van der Waals surface area contributed by atoms with Crippen molar-refractivity contribution in [2.75, 3.05) is 0 Å². The second-order valence-electron chi connectivity index (χ2n) is 1.69. The average molecular weight is 96.2 g/mol. The molecule has 0 spiro atoms. The fourth-order valence-electron chi connectivity index (χ4n) is 0.329. The summed E-state index contributed by atoms with van der Waals surface area (Å²) < 4.78 is 0. The van der Waals surface area contributed by atoms with Crippen LogP contribution in [0.2, 0.25) is 0 Å². The van der Waals surface area contributed by atoms with E-state index in [1.807, 2.05) is 19.1 Å². The van der Waals surface area contributed by atoms with E-state index in [1.54, 1.807) is 0 Å². The molecule has 0 aromatic carbocycles. The van der Waals surface area contributed by atoms with Gasteiger partial charge in [0.1, 0.15) is 0 Å². The van der Waals surface area contributed by atoms with Crippen molar-refractivity contribution in [3.63, 3.8) is 0 Å². The van der Waals surface area contributed by atoms with Crippen LogP contribution in [0.15, 0.2) is 12.2 Å². The average Bonchev–Trinajstić information content (AvgIpc) is 1.61. The standard InChI is InChI=1S/C7H12/c1-4-5-6-7(2)3/h5-7H,1-2,4H2,3H3. The summed E-state index contributed by atoms with van der Waals surface area (Å²) in [4.78, 5) is 0. The van der Waals surface area contributed by atoms with E-state index in [1.165, 1.54) is 0 Å². The zero-order chi connectivity index (χ0) is 5.70. The summed E-state index contributed by atoms with van der Waals surface area (Å²) in [6.07, 6.45) is 4.95. The molecule has 0 rings (SSSR count). The largest absolute Gasteiger partial charge is 0.0883 e. The van der Waals surface area contributed by atoms with Crippen LogP contribution in [0, 0.1) is 19.8 Å². The summed E-state index contributed by atoms with van der Waals surface area (Å²) >= 11 is 0. The van der Waals surface area contributed by atoms with Crippen molar-refractivity contribution in [3.8, 4) is 0 Å². The van der Waals surface area contributed by atoms with E-state index in [2.05, 4.69) is 13.8 Å². The Balaban J connectivity index is 3.08. The van der Waals surface area contributed by atoms with Gasteiger partial charge >= 0.3 is 0 Å². The Hall–Kier alpha value is -0.260. The van der Waals surface area contributed by atoms with Crippen LogP contribution in [-0.2, 0) is 0 Å². The van der Waals surface area contributed by atoms with Crippen molar-refractivity contribution in [3.05, 3.63) is 26.0 Å². The Morgan fingerprint density at radius 1 is 1.71 bits per heavy atom. The monoisotopic (exact) mass is 96.1 g/mol. The summed E-state index contributed by atoms with van der Waals surface area (Å²) in [5, 5.41) is 0. The first kappa shape index (κ1) is 6.74. The van der Waals surface area contributed by atoms with Crippen molar-refractivity contribution in [1.29, 1.82) is 0 Å². The van der Waals surface area contributed by atoms with Gasteiger partial charge < -0.3 is 0 Å². The smallest absolute Gasteiger partial charge is 0.0262 e. The Kier molecular flexibility index (Phi) is 3.77. The van der Waals surface area contributed by atoms with Gasteiger partial charge in [0.15, 0.2) is 0 Å². The maximum Gasteiger partial charge on any atom is -0.0262 e. The number of hydrogen-bond donors (Lipinski definition) is 0. The minimum Gasteiger partial charge on any atom is -0.0883 e. The lowest BCUT2D eigenvalue weighted by atomic mass is 10.2. The van der Waals surface area contributed by atoms with Crippen LogP contribution in [0.3, 0.4) is 0 Å². The van der Waals surface area contributed by atoms with Crippen LogP contribution in [0.5, 0.6) is 0 Å². The Morgan fingerprint density at radius 3 is 2.43 bits per heavy atom. The van der Waals surface area contributed by atoms with Gasteiger partial charge in [0.05, 0.1) is 0 Å². The van der Waals surface area contributed by atoms with Gasteiger partial charge in [0.2, 0.25) is 0 Å². The third kappa shape index (κ3) is 5.74. The Morgan fingerprint density at radius 2 is 2.29 bits per heavy atom. The highest BCUT2D eigenvalue weighted by Gasteiger charge is 1.78. The molecular weight excluding hydrogens is 84.1 g/mol. The first-order valence-electron chi connectivity index (χ1n) is 2.56. The molecule has 0 N–H and O–H groups in total. The molecular formula is C7H12. The molecule has 0 saturated carbocycles. The molecule has 1 atom stereocenters. The Labute approximate surface area is 46.2 Å². The van der Waals surface area contributed by atoms with Crippen LogP contribution >= 0.6 is 0 Å². The first-order valence-corrected chi connectivity index (χ1v) is 2.56. The first-order chi connectivity index (χ1) is 3.27. The summed E-state index contributed by atoms with van der Waals surface area (Å²) in [5.41, 5.74) is 0. The molecule has 0 fully saturated rings. The summed E-state index contributed by atoms with van der Waals surface area (Å²) in [5.74, 6) is 0.432. The van der Waals surface area contributed by atoms with Crippen LogP contribution in [0.1, 0.15) is 13.3 Å². The molecule has 0 aliphatic carbocycles. The maximum absolute atomic E-state index is 3.76. The van der Waals surface area contributed by atoms with Gasteiger partial charge in [-0.1, -0.05) is 19.1 Å². The van der Waals surface area contributed by atoms with Crippen molar-refractivity contribution < 1.29 is 0 Å².